The Labute approximate surface area is 144 Å². The maximum atomic E-state index is 13.0. The van der Waals surface area contributed by atoms with Crippen LogP contribution in [0.4, 0.5) is 13.2 Å². The maximum absolute atomic E-state index is 13.0. The number of rotatable bonds is 8. The van der Waals surface area contributed by atoms with Gasteiger partial charge in [-0.05, 0) is 17.5 Å². The van der Waals surface area contributed by atoms with Gasteiger partial charge in [0.15, 0.2) is 6.10 Å². The van der Waals surface area contributed by atoms with Gasteiger partial charge in [-0.1, -0.05) is 60.7 Å². The van der Waals surface area contributed by atoms with Crippen LogP contribution in [0.25, 0.3) is 0 Å². The van der Waals surface area contributed by atoms with Gasteiger partial charge in [0.2, 0.25) is 0 Å². The second-order valence-electron chi connectivity index (χ2n) is 5.51. The zero-order valence-corrected chi connectivity index (χ0v) is 13.5. The standard InChI is InChI=1S/C19H19F3O3/c20-19(21,22)17(24-13-15-7-3-1-4-8-15)11-12-18(23)25-14-16-9-5-2-6-10-16/h1-10,17H,11-14H2. The van der Waals surface area contributed by atoms with Crippen LogP contribution in [-0.4, -0.2) is 18.2 Å². The molecule has 0 heterocycles. The molecule has 2 rings (SSSR count). The van der Waals surface area contributed by atoms with Crippen LogP contribution < -0.4 is 0 Å². The van der Waals surface area contributed by atoms with E-state index >= 15 is 0 Å². The second-order valence-corrected chi connectivity index (χ2v) is 5.51. The Morgan fingerprint density at radius 1 is 0.880 bits per heavy atom. The number of ether oxygens (including phenoxy) is 2. The third-order valence-corrected chi connectivity index (χ3v) is 3.51. The van der Waals surface area contributed by atoms with E-state index in [1.807, 2.05) is 6.07 Å². The van der Waals surface area contributed by atoms with Crippen LogP contribution in [0.1, 0.15) is 24.0 Å². The summed E-state index contributed by atoms with van der Waals surface area (Å²) < 4.78 is 49.1. The minimum Gasteiger partial charge on any atom is -0.461 e. The highest BCUT2D eigenvalue weighted by Gasteiger charge is 2.40. The molecule has 0 aliphatic rings. The molecular formula is C19H19F3O3. The first kappa shape index (κ1) is 19.0. The molecule has 0 N–H and O–H groups in total. The molecule has 2 aromatic carbocycles. The summed E-state index contributed by atoms with van der Waals surface area (Å²) in [6.45, 7) is -0.120. The van der Waals surface area contributed by atoms with Crippen molar-refractivity contribution in [2.24, 2.45) is 0 Å². The monoisotopic (exact) mass is 352 g/mol. The fourth-order valence-corrected chi connectivity index (χ4v) is 2.17. The Hall–Kier alpha value is -2.34. The molecular weight excluding hydrogens is 333 g/mol. The molecule has 0 spiro atoms. The van der Waals surface area contributed by atoms with Gasteiger partial charge in [-0.15, -0.1) is 0 Å². The Morgan fingerprint density at radius 3 is 1.92 bits per heavy atom. The third kappa shape index (κ3) is 6.97. The summed E-state index contributed by atoms with van der Waals surface area (Å²) in [7, 11) is 0. The summed E-state index contributed by atoms with van der Waals surface area (Å²) in [4.78, 5) is 11.7. The van der Waals surface area contributed by atoms with Gasteiger partial charge < -0.3 is 9.47 Å². The lowest BCUT2D eigenvalue weighted by atomic mass is 10.2. The van der Waals surface area contributed by atoms with Crippen LogP contribution in [0.5, 0.6) is 0 Å². The number of esters is 1. The SMILES string of the molecule is O=C(CCC(OCc1ccccc1)C(F)(F)F)OCc1ccccc1. The highest BCUT2D eigenvalue weighted by molar-refractivity contribution is 5.69. The average Bonchev–Trinajstić information content (AvgIpc) is 2.60. The van der Waals surface area contributed by atoms with Crippen LogP contribution in [0.3, 0.4) is 0 Å². The summed E-state index contributed by atoms with van der Waals surface area (Å²) in [5, 5.41) is 0. The van der Waals surface area contributed by atoms with Gasteiger partial charge >= 0.3 is 12.1 Å². The predicted molar refractivity (Wildman–Crippen MR) is 86.5 cm³/mol. The van der Waals surface area contributed by atoms with Gasteiger partial charge in [-0.2, -0.15) is 13.2 Å². The third-order valence-electron chi connectivity index (χ3n) is 3.51. The number of alkyl halides is 3. The Morgan fingerprint density at radius 2 is 1.40 bits per heavy atom. The molecule has 0 aromatic heterocycles. The van der Waals surface area contributed by atoms with Crippen molar-refractivity contribution >= 4 is 5.97 Å². The Bertz CT molecular complexity index is 642. The fraction of sp³-hybridized carbons (Fsp3) is 0.316. The average molecular weight is 352 g/mol. The molecule has 25 heavy (non-hydrogen) atoms. The predicted octanol–water partition coefficient (Wildman–Crippen LogP) is 4.66. The highest BCUT2D eigenvalue weighted by atomic mass is 19.4. The van der Waals surface area contributed by atoms with E-state index < -0.39 is 24.7 Å². The number of halogens is 3. The van der Waals surface area contributed by atoms with Crippen molar-refractivity contribution in [1.29, 1.82) is 0 Å². The smallest absolute Gasteiger partial charge is 0.414 e. The van der Waals surface area contributed by atoms with Gasteiger partial charge in [0.1, 0.15) is 6.61 Å². The van der Waals surface area contributed by atoms with Crippen LogP contribution in [0, 0.1) is 0 Å². The van der Waals surface area contributed by atoms with E-state index in [1.165, 1.54) is 0 Å². The first-order valence-corrected chi connectivity index (χ1v) is 7.87. The number of hydrogen-bond acceptors (Lipinski definition) is 3. The minimum absolute atomic E-state index is 0.0429. The van der Waals surface area contributed by atoms with Crippen molar-refractivity contribution in [2.75, 3.05) is 0 Å². The van der Waals surface area contributed by atoms with Gasteiger partial charge in [0.25, 0.3) is 0 Å². The van der Waals surface area contributed by atoms with E-state index in [2.05, 4.69) is 0 Å². The van der Waals surface area contributed by atoms with Crippen LogP contribution >= 0.6 is 0 Å². The van der Waals surface area contributed by atoms with E-state index in [4.69, 9.17) is 9.47 Å². The molecule has 0 fully saturated rings. The fourth-order valence-electron chi connectivity index (χ4n) is 2.17. The van der Waals surface area contributed by atoms with Crippen molar-refractivity contribution in [3.05, 3.63) is 71.8 Å². The molecule has 2 aromatic rings. The zero-order chi connectivity index (χ0) is 18.1. The second kappa shape index (κ2) is 9.22. The molecule has 0 aliphatic heterocycles. The number of benzene rings is 2. The van der Waals surface area contributed by atoms with Gasteiger partial charge in [-0.3, -0.25) is 4.79 Å². The van der Waals surface area contributed by atoms with Crippen molar-refractivity contribution in [2.45, 2.75) is 38.3 Å². The number of hydrogen-bond donors (Lipinski definition) is 0. The van der Waals surface area contributed by atoms with Crippen LogP contribution in [0.15, 0.2) is 60.7 Å². The summed E-state index contributed by atoms with van der Waals surface area (Å²) >= 11 is 0. The lowest BCUT2D eigenvalue weighted by molar-refractivity contribution is -0.226. The zero-order valence-electron chi connectivity index (χ0n) is 13.5. The lowest BCUT2D eigenvalue weighted by Crippen LogP contribution is -2.32. The molecule has 0 saturated heterocycles. The van der Waals surface area contributed by atoms with Crippen molar-refractivity contribution in [3.63, 3.8) is 0 Å². The summed E-state index contributed by atoms with van der Waals surface area (Å²) in [6, 6.07) is 17.5. The molecule has 134 valence electrons. The molecule has 0 radical (unpaired) electrons. The summed E-state index contributed by atoms with van der Waals surface area (Å²) in [6.07, 6.45) is -7.36. The molecule has 0 amide bonds. The topological polar surface area (TPSA) is 35.5 Å². The Kier molecular flexibility index (Phi) is 7.01. The van der Waals surface area contributed by atoms with Crippen LogP contribution in [-0.2, 0) is 27.5 Å². The van der Waals surface area contributed by atoms with E-state index in [9.17, 15) is 18.0 Å². The highest BCUT2D eigenvalue weighted by Crippen LogP contribution is 2.27. The summed E-state index contributed by atoms with van der Waals surface area (Å²) in [5.74, 6) is -0.679. The van der Waals surface area contributed by atoms with E-state index in [0.717, 1.165) is 5.56 Å². The first-order valence-electron chi connectivity index (χ1n) is 7.87. The first-order chi connectivity index (χ1) is 11.9. The van der Waals surface area contributed by atoms with Crippen molar-refractivity contribution in [3.8, 4) is 0 Å². The quantitative estimate of drug-likeness (QED) is 0.649. The summed E-state index contributed by atoms with van der Waals surface area (Å²) in [5.41, 5.74) is 1.42. The van der Waals surface area contributed by atoms with Gasteiger partial charge in [-0.25, -0.2) is 0 Å². The molecule has 0 saturated carbocycles. The van der Waals surface area contributed by atoms with E-state index in [0.29, 0.717) is 5.56 Å². The molecule has 1 atom stereocenters. The van der Waals surface area contributed by atoms with E-state index in [-0.39, 0.29) is 19.6 Å². The number of carbonyl (C=O) groups is 1. The lowest BCUT2D eigenvalue weighted by Gasteiger charge is -2.20. The van der Waals surface area contributed by atoms with Crippen molar-refractivity contribution in [1.82, 2.24) is 0 Å². The molecule has 6 heteroatoms. The van der Waals surface area contributed by atoms with Crippen molar-refractivity contribution < 1.29 is 27.4 Å². The number of carbonyl (C=O) groups excluding carboxylic acids is 1. The molecule has 0 bridgehead atoms. The van der Waals surface area contributed by atoms with Crippen LogP contribution in [0.2, 0.25) is 0 Å². The normalized spacial score (nSPS) is 12.6. The van der Waals surface area contributed by atoms with Gasteiger partial charge in [0.05, 0.1) is 6.61 Å². The maximum Gasteiger partial charge on any atom is 0.414 e. The molecule has 0 aliphatic carbocycles. The minimum atomic E-state index is -4.53. The Balaban J connectivity index is 1.80. The molecule has 3 nitrogen and oxygen atoms in total. The molecule has 1 unspecified atom stereocenters. The van der Waals surface area contributed by atoms with Gasteiger partial charge in [0, 0.05) is 6.42 Å². The van der Waals surface area contributed by atoms with E-state index in [1.54, 1.807) is 54.6 Å². The largest absolute Gasteiger partial charge is 0.461 e.